The molecule has 3 aromatic rings. The molecule has 1 aliphatic carbocycles. The summed E-state index contributed by atoms with van der Waals surface area (Å²) in [7, 11) is -4.25. The van der Waals surface area contributed by atoms with Crippen molar-refractivity contribution in [3.8, 4) is 0 Å². The third kappa shape index (κ3) is 9.46. The van der Waals surface area contributed by atoms with E-state index in [9.17, 15) is 31.2 Å². The van der Waals surface area contributed by atoms with Gasteiger partial charge in [-0.1, -0.05) is 91.0 Å². The van der Waals surface area contributed by atoms with Crippen LogP contribution in [0.15, 0.2) is 72.8 Å². The molecule has 7 nitrogen and oxygen atoms in total. The smallest absolute Gasteiger partial charge is 0.352 e. The lowest BCUT2D eigenvalue weighted by Crippen LogP contribution is -2.55. The number of halogens is 4. The number of amides is 2. The zero-order chi connectivity index (χ0) is 32.8. The summed E-state index contributed by atoms with van der Waals surface area (Å²) in [5, 5.41) is 2.51. The molecule has 2 amide bonds. The summed E-state index contributed by atoms with van der Waals surface area (Å²) in [5.41, 5.74) is 0.821. The van der Waals surface area contributed by atoms with E-state index in [1.807, 2.05) is 55.5 Å². The van der Waals surface area contributed by atoms with E-state index in [0.29, 0.717) is 15.9 Å². The monoisotopic (exact) mass is 663 g/mol. The summed E-state index contributed by atoms with van der Waals surface area (Å²) in [6.45, 7) is 1.03. The van der Waals surface area contributed by atoms with Gasteiger partial charge in [-0.3, -0.25) is 13.9 Å². The molecule has 1 N–H and O–H groups in total. The Bertz CT molecular complexity index is 1600. The minimum Gasteiger partial charge on any atom is -0.352 e. The molecular formula is C33H37ClF3N3O4S. The van der Waals surface area contributed by atoms with Crippen LogP contribution in [0.2, 0.25) is 5.02 Å². The minimum atomic E-state index is -4.85. The van der Waals surface area contributed by atoms with Gasteiger partial charge in [-0.25, -0.2) is 8.42 Å². The highest BCUT2D eigenvalue weighted by Crippen LogP contribution is 2.37. The summed E-state index contributed by atoms with van der Waals surface area (Å²) in [5.74, 6) is -1.12. The first kappa shape index (κ1) is 34.3. The van der Waals surface area contributed by atoms with Crippen molar-refractivity contribution in [3.05, 3.63) is 100 Å². The predicted molar refractivity (Wildman–Crippen MR) is 169 cm³/mol. The average Bonchev–Trinajstić information content (AvgIpc) is 2.98. The summed E-state index contributed by atoms with van der Waals surface area (Å²) < 4.78 is 67.6. The second-order valence-corrected chi connectivity index (χ2v) is 13.8. The van der Waals surface area contributed by atoms with Gasteiger partial charge in [0.15, 0.2) is 0 Å². The van der Waals surface area contributed by atoms with Crippen LogP contribution in [0.4, 0.5) is 18.9 Å². The van der Waals surface area contributed by atoms with Gasteiger partial charge in [0.2, 0.25) is 21.8 Å². The first-order valence-corrected chi connectivity index (χ1v) is 17.0. The maximum absolute atomic E-state index is 14.2. The van der Waals surface area contributed by atoms with Gasteiger partial charge in [-0.15, -0.1) is 0 Å². The van der Waals surface area contributed by atoms with E-state index in [0.717, 1.165) is 61.6 Å². The summed E-state index contributed by atoms with van der Waals surface area (Å²) in [6, 6.07) is 18.1. The first-order chi connectivity index (χ1) is 21.2. The lowest BCUT2D eigenvalue weighted by molar-refractivity contribution is -0.140. The molecule has 12 heteroatoms. The lowest BCUT2D eigenvalue weighted by Gasteiger charge is -2.35. The van der Waals surface area contributed by atoms with Gasteiger partial charge in [0.25, 0.3) is 0 Å². The molecule has 1 saturated carbocycles. The SMILES string of the molecule is Cc1cccc(CN(C(=O)CN(c2ccc(Cl)c(C(F)(F)F)c2)S(C)(=O)=O)[C@H](Cc2ccccc2)C(=O)NC2CCCCC2)c1. The van der Waals surface area contributed by atoms with Crippen LogP contribution in [0.5, 0.6) is 0 Å². The quantitative estimate of drug-likeness (QED) is 0.253. The molecule has 0 saturated heterocycles. The third-order valence-corrected chi connectivity index (χ3v) is 9.35. The largest absolute Gasteiger partial charge is 0.417 e. The van der Waals surface area contributed by atoms with Gasteiger partial charge in [0, 0.05) is 19.0 Å². The third-order valence-electron chi connectivity index (χ3n) is 7.88. The molecule has 3 aromatic carbocycles. The number of nitrogens with zero attached hydrogens (tertiary/aromatic N) is 2. The van der Waals surface area contributed by atoms with Crippen LogP contribution in [0.25, 0.3) is 0 Å². The number of rotatable bonds is 11. The normalized spacial score (nSPS) is 14.9. The fourth-order valence-corrected chi connectivity index (χ4v) is 6.67. The molecule has 1 fully saturated rings. The number of benzene rings is 3. The molecule has 0 spiro atoms. The number of nitrogens with one attached hydrogen (secondary N) is 1. The zero-order valence-electron chi connectivity index (χ0n) is 25.2. The lowest BCUT2D eigenvalue weighted by atomic mass is 9.94. The van der Waals surface area contributed by atoms with Gasteiger partial charge >= 0.3 is 6.18 Å². The maximum atomic E-state index is 14.2. The molecule has 1 atom stereocenters. The van der Waals surface area contributed by atoms with Gasteiger partial charge < -0.3 is 10.2 Å². The van der Waals surface area contributed by atoms with Crippen LogP contribution in [0.1, 0.15) is 54.4 Å². The molecule has 45 heavy (non-hydrogen) atoms. The fraction of sp³-hybridized carbons (Fsp3) is 0.394. The molecule has 0 aromatic heterocycles. The maximum Gasteiger partial charge on any atom is 0.417 e. The Kier molecular flexibility index (Phi) is 11.2. The van der Waals surface area contributed by atoms with Gasteiger partial charge in [0.05, 0.1) is 22.5 Å². The van der Waals surface area contributed by atoms with Crippen molar-refractivity contribution in [3.63, 3.8) is 0 Å². The molecule has 4 rings (SSSR count). The Morgan fingerprint density at radius 1 is 0.956 bits per heavy atom. The van der Waals surface area contributed by atoms with E-state index in [4.69, 9.17) is 11.6 Å². The van der Waals surface area contributed by atoms with Crippen molar-refractivity contribution in [1.29, 1.82) is 0 Å². The van der Waals surface area contributed by atoms with Crippen molar-refractivity contribution in [1.82, 2.24) is 10.2 Å². The highest BCUT2D eigenvalue weighted by atomic mass is 35.5. The molecule has 0 aliphatic heterocycles. The molecule has 0 unspecified atom stereocenters. The standard InChI is InChI=1S/C33H37ClF3N3O4S/c1-23-10-9-13-25(18-23)21-39(30(19-24-11-5-3-6-12-24)32(42)38-26-14-7-4-8-15-26)31(41)22-40(45(2,43)44)27-16-17-29(34)28(20-27)33(35,36)37/h3,5-6,9-13,16-18,20,26,30H,4,7-8,14-15,19,21-22H2,1-2H3,(H,38,42)/t30-/m1/s1. The van der Waals surface area contributed by atoms with E-state index < -0.39 is 45.3 Å². The number of carbonyl (C=O) groups is 2. The molecule has 0 heterocycles. The van der Waals surface area contributed by atoms with Crippen LogP contribution in [0, 0.1) is 6.92 Å². The summed E-state index contributed by atoms with van der Waals surface area (Å²) in [6.07, 6.45) is 0.773. The Hall–Kier alpha value is -3.57. The Morgan fingerprint density at radius 2 is 1.62 bits per heavy atom. The summed E-state index contributed by atoms with van der Waals surface area (Å²) >= 11 is 5.78. The second kappa shape index (κ2) is 14.7. The topological polar surface area (TPSA) is 86.8 Å². The van der Waals surface area contributed by atoms with E-state index >= 15 is 0 Å². The van der Waals surface area contributed by atoms with Crippen LogP contribution in [0.3, 0.4) is 0 Å². The van der Waals surface area contributed by atoms with Crippen molar-refractivity contribution in [2.75, 3.05) is 17.1 Å². The van der Waals surface area contributed by atoms with Crippen LogP contribution in [-0.2, 0) is 38.8 Å². The number of alkyl halides is 3. The number of hydrogen-bond donors (Lipinski definition) is 1. The zero-order valence-corrected chi connectivity index (χ0v) is 26.8. The summed E-state index contributed by atoms with van der Waals surface area (Å²) in [4.78, 5) is 29.6. The highest BCUT2D eigenvalue weighted by Gasteiger charge is 2.37. The van der Waals surface area contributed by atoms with Crippen molar-refractivity contribution in [2.24, 2.45) is 0 Å². The van der Waals surface area contributed by atoms with E-state index in [-0.39, 0.29) is 30.6 Å². The predicted octanol–water partition coefficient (Wildman–Crippen LogP) is 6.52. The number of aryl methyl sites for hydroxylation is 1. The van der Waals surface area contributed by atoms with Crippen LogP contribution in [-0.4, -0.2) is 50.0 Å². The Balaban J connectivity index is 1.76. The average molecular weight is 664 g/mol. The minimum absolute atomic E-state index is 0.0257. The number of sulfonamides is 1. The van der Waals surface area contributed by atoms with Crippen molar-refractivity contribution in [2.45, 2.75) is 70.3 Å². The molecule has 0 bridgehead atoms. The van der Waals surface area contributed by atoms with Gasteiger partial charge in [-0.2, -0.15) is 13.2 Å². The Labute approximate surface area is 267 Å². The van der Waals surface area contributed by atoms with Crippen molar-refractivity contribution < 1.29 is 31.2 Å². The van der Waals surface area contributed by atoms with E-state index in [1.54, 1.807) is 6.07 Å². The van der Waals surface area contributed by atoms with E-state index in [1.165, 1.54) is 4.90 Å². The molecular weight excluding hydrogens is 627 g/mol. The number of anilines is 1. The number of carbonyl (C=O) groups excluding carboxylic acids is 2. The van der Waals surface area contributed by atoms with Crippen molar-refractivity contribution >= 4 is 39.1 Å². The second-order valence-electron chi connectivity index (χ2n) is 11.5. The van der Waals surface area contributed by atoms with Crippen LogP contribution < -0.4 is 9.62 Å². The highest BCUT2D eigenvalue weighted by molar-refractivity contribution is 7.92. The van der Waals surface area contributed by atoms with E-state index in [2.05, 4.69) is 5.32 Å². The molecule has 0 radical (unpaired) electrons. The fourth-order valence-electron chi connectivity index (χ4n) is 5.60. The Morgan fingerprint density at radius 3 is 2.24 bits per heavy atom. The first-order valence-electron chi connectivity index (χ1n) is 14.8. The van der Waals surface area contributed by atoms with Gasteiger partial charge in [0.1, 0.15) is 12.6 Å². The van der Waals surface area contributed by atoms with Gasteiger partial charge in [-0.05, 0) is 49.1 Å². The molecule has 1 aliphatic rings. The number of hydrogen-bond acceptors (Lipinski definition) is 4. The molecule has 242 valence electrons. The van der Waals surface area contributed by atoms with Crippen LogP contribution >= 0.6 is 11.6 Å².